The Kier molecular flexibility index (Phi) is 3.95. The van der Waals surface area contributed by atoms with Crippen LogP contribution >= 0.6 is 0 Å². The van der Waals surface area contributed by atoms with Crippen LogP contribution in [0.15, 0.2) is 24.4 Å². The summed E-state index contributed by atoms with van der Waals surface area (Å²) in [5.41, 5.74) is 2.16. The second kappa shape index (κ2) is 5.48. The molecule has 102 valence electrons. The molecule has 1 aromatic heterocycles. The number of aryl methyl sites for hydroxylation is 2. The van der Waals surface area contributed by atoms with Crippen molar-refractivity contribution in [2.75, 3.05) is 6.54 Å². The molecule has 1 N–H and O–H groups in total. The van der Waals surface area contributed by atoms with E-state index in [0.717, 1.165) is 17.3 Å². The molecular formula is C14H17F2N3. The smallest absolute Gasteiger partial charge is 0.131 e. The topological polar surface area (TPSA) is 29.9 Å². The van der Waals surface area contributed by atoms with Crippen molar-refractivity contribution in [2.24, 2.45) is 7.05 Å². The molecule has 0 aliphatic carbocycles. The van der Waals surface area contributed by atoms with Crippen LogP contribution in [0.3, 0.4) is 0 Å². The summed E-state index contributed by atoms with van der Waals surface area (Å²) >= 11 is 0. The maximum absolute atomic E-state index is 13.9. The van der Waals surface area contributed by atoms with Crippen LogP contribution in [-0.2, 0) is 7.05 Å². The third-order valence-electron chi connectivity index (χ3n) is 3.04. The highest BCUT2D eigenvalue weighted by Gasteiger charge is 2.21. The Balaban J connectivity index is 2.48. The van der Waals surface area contributed by atoms with E-state index >= 15 is 0 Å². The Morgan fingerprint density at radius 3 is 2.58 bits per heavy atom. The van der Waals surface area contributed by atoms with E-state index in [4.69, 9.17) is 0 Å². The van der Waals surface area contributed by atoms with Gasteiger partial charge in [0.25, 0.3) is 0 Å². The minimum Gasteiger partial charge on any atom is -0.306 e. The van der Waals surface area contributed by atoms with Gasteiger partial charge in [0.1, 0.15) is 11.6 Å². The van der Waals surface area contributed by atoms with Gasteiger partial charge in [0.05, 0.1) is 11.7 Å². The monoisotopic (exact) mass is 265 g/mol. The second-order valence-electron chi connectivity index (χ2n) is 4.50. The van der Waals surface area contributed by atoms with Crippen molar-refractivity contribution in [3.8, 4) is 0 Å². The van der Waals surface area contributed by atoms with Gasteiger partial charge < -0.3 is 5.32 Å². The SMILES string of the molecule is CCNC(c1ccc(F)cc1F)c1cn(C)nc1C. The van der Waals surface area contributed by atoms with Crippen molar-refractivity contribution >= 4 is 0 Å². The fourth-order valence-electron chi connectivity index (χ4n) is 2.23. The lowest BCUT2D eigenvalue weighted by Gasteiger charge is -2.18. The molecule has 1 heterocycles. The van der Waals surface area contributed by atoms with E-state index < -0.39 is 11.6 Å². The molecule has 3 nitrogen and oxygen atoms in total. The van der Waals surface area contributed by atoms with Crippen LogP contribution in [0.1, 0.15) is 29.8 Å². The summed E-state index contributed by atoms with van der Waals surface area (Å²) in [5.74, 6) is -1.12. The lowest BCUT2D eigenvalue weighted by molar-refractivity contribution is 0.540. The molecule has 19 heavy (non-hydrogen) atoms. The lowest BCUT2D eigenvalue weighted by Crippen LogP contribution is -2.23. The van der Waals surface area contributed by atoms with Crippen molar-refractivity contribution < 1.29 is 8.78 Å². The average Bonchev–Trinajstić information content (AvgIpc) is 2.66. The maximum atomic E-state index is 13.9. The molecule has 2 aromatic rings. The van der Waals surface area contributed by atoms with Crippen LogP contribution in [0, 0.1) is 18.6 Å². The number of hydrogen-bond donors (Lipinski definition) is 1. The van der Waals surface area contributed by atoms with Gasteiger partial charge in [-0.15, -0.1) is 0 Å². The molecule has 0 aliphatic heterocycles. The number of nitrogens with zero attached hydrogens (tertiary/aromatic N) is 2. The van der Waals surface area contributed by atoms with Crippen LogP contribution < -0.4 is 5.32 Å². The van der Waals surface area contributed by atoms with E-state index in [9.17, 15) is 8.78 Å². The average molecular weight is 265 g/mol. The zero-order valence-electron chi connectivity index (χ0n) is 11.2. The molecule has 1 atom stereocenters. The molecule has 5 heteroatoms. The van der Waals surface area contributed by atoms with Crippen LogP contribution in [-0.4, -0.2) is 16.3 Å². The summed E-state index contributed by atoms with van der Waals surface area (Å²) in [6.45, 7) is 4.50. The van der Waals surface area contributed by atoms with Gasteiger partial charge in [-0.3, -0.25) is 4.68 Å². The first kappa shape index (κ1) is 13.7. The fraction of sp³-hybridized carbons (Fsp3) is 0.357. The molecule has 0 fully saturated rings. The number of nitrogens with one attached hydrogen (secondary N) is 1. The molecule has 0 radical (unpaired) electrons. The molecule has 0 bridgehead atoms. The minimum absolute atomic E-state index is 0.320. The van der Waals surface area contributed by atoms with Crippen molar-refractivity contribution in [2.45, 2.75) is 19.9 Å². The zero-order valence-corrected chi connectivity index (χ0v) is 11.2. The normalized spacial score (nSPS) is 12.7. The van der Waals surface area contributed by atoms with Gasteiger partial charge in [0.15, 0.2) is 0 Å². The van der Waals surface area contributed by atoms with Gasteiger partial charge in [-0.2, -0.15) is 5.10 Å². The van der Waals surface area contributed by atoms with E-state index in [1.807, 2.05) is 27.1 Å². The van der Waals surface area contributed by atoms with E-state index in [2.05, 4.69) is 10.4 Å². The molecule has 0 spiro atoms. The Labute approximate surface area is 111 Å². The third-order valence-corrected chi connectivity index (χ3v) is 3.04. The van der Waals surface area contributed by atoms with Crippen molar-refractivity contribution in [3.63, 3.8) is 0 Å². The number of halogens is 2. The predicted molar refractivity (Wildman–Crippen MR) is 69.8 cm³/mol. The highest BCUT2D eigenvalue weighted by atomic mass is 19.1. The Hall–Kier alpha value is -1.75. The van der Waals surface area contributed by atoms with Crippen LogP contribution in [0.4, 0.5) is 8.78 Å². The van der Waals surface area contributed by atoms with E-state index in [0.29, 0.717) is 12.1 Å². The van der Waals surface area contributed by atoms with Gasteiger partial charge in [-0.05, 0) is 19.5 Å². The molecule has 0 saturated heterocycles. The number of hydrogen-bond acceptors (Lipinski definition) is 2. The van der Waals surface area contributed by atoms with Crippen LogP contribution in [0.2, 0.25) is 0 Å². The summed E-state index contributed by atoms with van der Waals surface area (Å²) in [6, 6.07) is 3.34. The Morgan fingerprint density at radius 1 is 1.32 bits per heavy atom. The van der Waals surface area contributed by atoms with Crippen LogP contribution in [0.5, 0.6) is 0 Å². The van der Waals surface area contributed by atoms with E-state index in [-0.39, 0.29) is 6.04 Å². The number of rotatable bonds is 4. The van der Waals surface area contributed by atoms with Crippen molar-refractivity contribution in [1.82, 2.24) is 15.1 Å². The molecule has 2 rings (SSSR count). The predicted octanol–water partition coefficient (Wildman–Crippen LogP) is 2.71. The van der Waals surface area contributed by atoms with Crippen LogP contribution in [0.25, 0.3) is 0 Å². The summed E-state index contributed by atoms with van der Waals surface area (Å²) < 4.78 is 28.6. The zero-order chi connectivity index (χ0) is 14.0. The van der Waals surface area contributed by atoms with E-state index in [1.165, 1.54) is 12.1 Å². The number of aromatic nitrogens is 2. The largest absolute Gasteiger partial charge is 0.306 e. The maximum Gasteiger partial charge on any atom is 0.131 e. The van der Waals surface area contributed by atoms with Crippen molar-refractivity contribution in [3.05, 3.63) is 52.9 Å². The first-order valence-corrected chi connectivity index (χ1v) is 6.21. The molecule has 1 unspecified atom stereocenters. The summed E-state index contributed by atoms with van der Waals surface area (Å²) in [6.07, 6.45) is 1.85. The van der Waals surface area contributed by atoms with E-state index in [1.54, 1.807) is 4.68 Å². The molecule has 0 saturated carbocycles. The Bertz CT molecular complexity index is 578. The highest BCUT2D eigenvalue weighted by Crippen LogP contribution is 2.26. The Morgan fingerprint density at radius 2 is 2.05 bits per heavy atom. The van der Waals surface area contributed by atoms with Gasteiger partial charge >= 0.3 is 0 Å². The summed E-state index contributed by atoms with van der Waals surface area (Å²) in [7, 11) is 1.82. The third kappa shape index (κ3) is 2.81. The molecule has 0 aliphatic rings. The lowest BCUT2D eigenvalue weighted by atomic mass is 9.98. The highest BCUT2D eigenvalue weighted by molar-refractivity contribution is 5.34. The second-order valence-corrected chi connectivity index (χ2v) is 4.50. The van der Waals surface area contributed by atoms with Gasteiger partial charge in [0, 0.05) is 30.4 Å². The van der Waals surface area contributed by atoms with Gasteiger partial charge in [0.2, 0.25) is 0 Å². The van der Waals surface area contributed by atoms with Gasteiger partial charge in [-0.25, -0.2) is 8.78 Å². The fourth-order valence-corrected chi connectivity index (χ4v) is 2.23. The van der Waals surface area contributed by atoms with Gasteiger partial charge in [-0.1, -0.05) is 13.0 Å². The van der Waals surface area contributed by atoms with Crippen molar-refractivity contribution in [1.29, 1.82) is 0 Å². The molecule has 1 aromatic carbocycles. The summed E-state index contributed by atoms with van der Waals surface area (Å²) in [5, 5.41) is 7.48. The standard InChI is InChI=1S/C14H17F2N3/c1-4-17-14(12-8-19(3)18-9(12)2)11-6-5-10(15)7-13(11)16/h5-8,14,17H,4H2,1-3H3. The quantitative estimate of drug-likeness (QED) is 0.921. The minimum atomic E-state index is -0.570. The summed E-state index contributed by atoms with van der Waals surface area (Å²) in [4.78, 5) is 0. The first-order valence-electron chi connectivity index (χ1n) is 6.21. The molecular weight excluding hydrogens is 248 g/mol. The number of benzene rings is 1. The first-order chi connectivity index (χ1) is 9.02. The molecule has 0 amide bonds.